The van der Waals surface area contributed by atoms with E-state index in [4.69, 9.17) is 5.73 Å². The Morgan fingerprint density at radius 2 is 1.90 bits per heavy atom. The first kappa shape index (κ1) is 16.9. The number of aryl methyl sites for hydroxylation is 1. The molecule has 120 valence electrons. The third-order valence-corrected chi connectivity index (χ3v) is 5.03. The first-order valence-corrected chi connectivity index (χ1v) is 8.58. The van der Waals surface area contributed by atoms with Crippen LogP contribution in [-0.2, 0) is 0 Å². The molecule has 0 spiro atoms. The minimum Gasteiger partial charge on any atom is -0.389 e. The van der Waals surface area contributed by atoms with Crippen molar-refractivity contribution in [2.45, 2.75) is 45.4 Å². The highest BCUT2D eigenvalue weighted by molar-refractivity contribution is 7.12. The van der Waals surface area contributed by atoms with Crippen LogP contribution in [0.5, 0.6) is 0 Å². The summed E-state index contributed by atoms with van der Waals surface area (Å²) in [6.07, 6.45) is 0. The van der Waals surface area contributed by atoms with Crippen LogP contribution in [0.25, 0.3) is 0 Å². The summed E-state index contributed by atoms with van der Waals surface area (Å²) in [6, 6.07) is 4.84. The zero-order valence-electron chi connectivity index (χ0n) is 13.7. The first-order valence-electron chi connectivity index (χ1n) is 7.77. The molecule has 1 fully saturated rings. The summed E-state index contributed by atoms with van der Waals surface area (Å²) < 4.78 is 0. The minimum absolute atomic E-state index is 0.129. The number of hydrogen-bond acceptors (Lipinski definition) is 5. The van der Waals surface area contributed by atoms with Gasteiger partial charge in [0.05, 0.1) is 11.6 Å². The number of aliphatic hydroxyl groups is 1. The van der Waals surface area contributed by atoms with Crippen molar-refractivity contribution < 1.29 is 5.11 Å². The molecule has 1 aliphatic heterocycles. The lowest BCUT2D eigenvalue weighted by atomic mass is 10.0. The third-order valence-electron chi connectivity index (χ3n) is 3.96. The lowest BCUT2D eigenvalue weighted by Crippen LogP contribution is -2.53. The summed E-state index contributed by atoms with van der Waals surface area (Å²) in [5.41, 5.74) is 5.64. The van der Waals surface area contributed by atoms with Crippen LogP contribution in [-0.4, -0.2) is 59.3 Å². The molecule has 0 amide bonds. The molecule has 0 radical (unpaired) electrons. The van der Waals surface area contributed by atoms with Gasteiger partial charge in [-0.1, -0.05) is 0 Å². The molecular weight excluding hydrogens is 282 g/mol. The van der Waals surface area contributed by atoms with Crippen LogP contribution in [0.4, 0.5) is 0 Å². The largest absolute Gasteiger partial charge is 0.389 e. The SMILES string of the molecule is Cc1ccc(C(C(C)N)N2CCN(CC(C)(C)O)CC2)s1. The van der Waals surface area contributed by atoms with Crippen molar-refractivity contribution in [1.29, 1.82) is 0 Å². The van der Waals surface area contributed by atoms with E-state index in [-0.39, 0.29) is 6.04 Å². The predicted molar refractivity (Wildman–Crippen MR) is 89.8 cm³/mol. The number of piperazine rings is 1. The monoisotopic (exact) mass is 311 g/mol. The predicted octanol–water partition coefficient (Wildman–Crippen LogP) is 1.83. The Labute approximate surface area is 132 Å². The van der Waals surface area contributed by atoms with E-state index in [9.17, 15) is 5.11 Å². The molecule has 2 heterocycles. The molecule has 2 unspecified atom stereocenters. The van der Waals surface area contributed by atoms with Crippen LogP contribution in [0.2, 0.25) is 0 Å². The van der Waals surface area contributed by atoms with Gasteiger partial charge in [0, 0.05) is 48.5 Å². The molecule has 0 bridgehead atoms. The number of thiophene rings is 1. The second kappa shape index (κ2) is 6.75. The van der Waals surface area contributed by atoms with Crippen LogP contribution < -0.4 is 5.73 Å². The molecule has 1 aromatic rings. The van der Waals surface area contributed by atoms with E-state index in [1.54, 1.807) is 0 Å². The van der Waals surface area contributed by atoms with Crippen LogP contribution in [0, 0.1) is 6.92 Å². The standard InChI is InChI=1S/C16H29N3OS/c1-12-5-6-14(21-12)15(13(2)17)19-9-7-18(8-10-19)11-16(3,4)20/h5-6,13,15,20H,7-11,17H2,1-4H3. The maximum atomic E-state index is 9.94. The Kier molecular flexibility index (Phi) is 5.43. The zero-order chi connectivity index (χ0) is 15.6. The summed E-state index contributed by atoms with van der Waals surface area (Å²) in [6.45, 7) is 12.8. The maximum absolute atomic E-state index is 9.94. The van der Waals surface area contributed by atoms with Gasteiger partial charge in [0.1, 0.15) is 0 Å². The minimum atomic E-state index is -0.617. The maximum Gasteiger partial charge on any atom is 0.0718 e. The average Bonchev–Trinajstić information content (AvgIpc) is 2.76. The van der Waals surface area contributed by atoms with E-state index in [0.717, 1.165) is 32.7 Å². The summed E-state index contributed by atoms with van der Waals surface area (Å²) in [7, 11) is 0. The van der Waals surface area contributed by atoms with Gasteiger partial charge in [-0.2, -0.15) is 0 Å². The van der Waals surface area contributed by atoms with Gasteiger partial charge in [-0.15, -0.1) is 11.3 Å². The zero-order valence-corrected chi connectivity index (χ0v) is 14.5. The Morgan fingerprint density at radius 3 is 2.33 bits per heavy atom. The molecule has 0 saturated carbocycles. The van der Waals surface area contributed by atoms with Gasteiger partial charge in [-0.25, -0.2) is 0 Å². The van der Waals surface area contributed by atoms with Crippen molar-refractivity contribution in [3.63, 3.8) is 0 Å². The number of nitrogens with zero attached hydrogens (tertiary/aromatic N) is 2. The lowest BCUT2D eigenvalue weighted by molar-refractivity contribution is 0.00915. The van der Waals surface area contributed by atoms with Crippen LogP contribution in [0.15, 0.2) is 12.1 Å². The van der Waals surface area contributed by atoms with Crippen LogP contribution >= 0.6 is 11.3 Å². The number of hydrogen-bond donors (Lipinski definition) is 2. The second-order valence-electron chi connectivity index (χ2n) is 6.88. The third kappa shape index (κ3) is 4.76. The van der Waals surface area contributed by atoms with E-state index in [1.807, 2.05) is 25.2 Å². The van der Waals surface area contributed by atoms with Crippen LogP contribution in [0.3, 0.4) is 0 Å². The first-order chi connectivity index (χ1) is 9.76. The van der Waals surface area contributed by atoms with E-state index >= 15 is 0 Å². The van der Waals surface area contributed by atoms with Gasteiger partial charge in [0.2, 0.25) is 0 Å². The molecule has 0 aromatic carbocycles. The fraction of sp³-hybridized carbons (Fsp3) is 0.750. The average molecular weight is 311 g/mol. The molecule has 0 aliphatic carbocycles. The van der Waals surface area contributed by atoms with Crippen molar-refractivity contribution in [3.05, 3.63) is 21.9 Å². The normalized spacial score (nSPS) is 21.4. The quantitative estimate of drug-likeness (QED) is 0.871. The van der Waals surface area contributed by atoms with Crippen molar-refractivity contribution in [2.24, 2.45) is 5.73 Å². The Morgan fingerprint density at radius 1 is 1.29 bits per heavy atom. The highest BCUT2D eigenvalue weighted by Crippen LogP contribution is 2.30. The summed E-state index contributed by atoms with van der Waals surface area (Å²) >= 11 is 1.85. The number of β-amino-alcohol motifs (C(OH)–C–C–N with tert-alkyl or cyclic N) is 1. The molecule has 1 saturated heterocycles. The smallest absolute Gasteiger partial charge is 0.0718 e. The Hall–Kier alpha value is -0.460. The molecule has 1 aliphatic rings. The van der Waals surface area contributed by atoms with E-state index in [0.29, 0.717) is 6.04 Å². The number of nitrogens with two attached hydrogens (primary N) is 1. The highest BCUT2D eigenvalue weighted by atomic mass is 32.1. The molecule has 1 aromatic heterocycles. The highest BCUT2D eigenvalue weighted by Gasteiger charge is 2.29. The van der Waals surface area contributed by atoms with Crippen LogP contribution in [0.1, 0.15) is 36.6 Å². The topological polar surface area (TPSA) is 52.7 Å². The summed E-state index contributed by atoms with van der Waals surface area (Å²) in [4.78, 5) is 7.56. The van der Waals surface area contributed by atoms with Crippen molar-refractivity contribution >= 4 is 11.3 Å². The Balaban J connectivity index is 1.98. The van der Waals surface area contributed by atoms with Crippen molar-refractivity contribution in [3.8, 4) is 0 Å². The van der Waals surface area contributed by atoms with E-state index in [1.165, 1.54) is 9.75 Å². The second-order valence-corrected chi connectivity index (χ2v) is 8.20. The van der Waals surface area contributed by atoms with Gasteiger partial charge in [-0.05, 0) is 39.8 Å². The fourth-order valence-electron chi connectivity index (χ4n) is 3.13. The molecule has 2 atom stereocenters. The Bertz CT molecular complexity index is 445. The molecule has 5 heteroatoms. The van der Waals surface area contributed by atoms with Gasteiger partial charge >= 0.3 is 0 Å². The van der Waals surface area contributed by atoms with Crippen molar-refractivity contribution in [2.75, 3.05) is 32.7 Å². The fourth-order valence-corrected chi connectivity index (χ4v) is 4.26. The molecule has 21 heavy (non-hydrogen) atoms. The summed E-state index contributed by atoms with van der Waals surface area (Å²) in [5, 5.41) is 9.94. The van der Waals surface area contributed by atoms with Gasteiger partial charge in [0.25, 0.3) is 0 Å². The van der Waals surface area contributed by atoms with Gasteiger partial charge < -0.3 is 10.8 Å². The molecular formula is C16H29N3OS. The van der Waals surface area contributed by atoms with Crippen molar-refractivity contribution in [1.82, 2.24) is 9.80 Å². The molecule has 4 nitrogen and oxygen atoms in total. The van der Waals surface area contributed by atoms with E-state index in [2.05, 4.69) is 35.8 Å². The van der Waals surface area contributed by atoms with E-state index < -0.39 is 5.60 Å². The lowest BCUT2D eigenvalue weighted by Gasteiger charge is -2.41. The molecule has 3 N–H and O–H groups in total. The van der Waals surface area contributed by atoms with Gasteiger partial charge in [0.15, 0.2) is 0 Å². The van der Waals surface area contributed by atoms with Gasteiger partial charge in [-0.3, -0.25) is 9.80 Å². The summed E-state index contributed by atoms with van der Waals surface area (Å²) in [5.74, 6) is 0. The molecule has 2 rings (SSSR count). The number of rotatable bonds is 5.